The minimum atomic E-state index is 0.0871. The van der Waals surface area contributed by atoms with E-state index in [1.54, 1.807) is 0 Å². The number of oxazole rings is 1. The van der Waals surface area contributed by atoms with Gasteiger partial charge in [0.25, 0.3) is 0 Å². The van der Waals surface area contributed by atoms with Crippen LogP contribution in [0, 0.1) is 0 Å². The van der Waals surface area contributed by atoms with Crippen LogP contribution in [0.2, 0.25) is 0 Å². The van der Waals surface area contributed by atoms with Gasteiger partial charge >= 0.3 is 0 Å². The Labute approximate surface area is 91.3 Å². The van der Waals surface area contributed by atoms with Gasteiger partial charge < -0.3 is 9.73 Å². The maximum absolute atomic E-state index is 5.58. The molecular formula is C12H20N2O. The van der Waals surface area contributed by atoms with Crippen LogP contribution in [-0.4, -0.2) is 18.1 Å². The molecule has 3 heteroatoms. The molecule has 1 unspecified atom stereocenters. The van der Waals surface area contributed by atoms with E-state index in [1.165, 1.54) is 12.8 Å². The lowest BCUT2D eigenvalue weighted by Gasteiger charge is -2.19. The first-order valence-electron chi connectivity index (χ1n) is 5.74. The second-order valence-corrected chi connectivity index (χ2v) is 5.36. The molecule has 0 aromatic carbocycles. The fraction of sp³-hybridized carbons (Fsp3) is 0.750. The molecule has 0 saturated carbocycles. The molecular weight excluding hydrogens is 188 g/mol. The molecule has 1 aromatic rings. The minimum Gasteiger partial charge on any atom is -0.448 e. The van der Waals surface area contributed by atoms with E-state index in [9.17, 15) is 0 Å². The summed E-state index contributed by atoms with van der Waals surface area (Å²) in [7, 11) is 0. The lowest BCUT2D eigenvalue weighted by atomic mass is 9.93. The lowest BCUT2D eigenvalue weighted by molar-refractivity contribution is 0.376. The monoisotopic (exact) mass is 208 g/mol. The highest BCUT2D eigenvalue weighted by atomic mass is 16.3. The van der Waals surface area contributed by atoms with Gasteiger partial charge in [-0.15, -0.1) is 0 Å². The summed E-state index contributed by atoms with van der Waals surface area (Å²) in [5.74, 6) is 1.38. The van der Waals surface area contributed by atoms with Crippen LogP contribution < -0.4 is 5.32 Å². The summed E-state index contributed by atoms with van der Waals surface area (Å²) in [5.41, 5.74) is 1.15. The van der Waals surface area contributed by atoms with Gasteiger partial charge in [-0.3, -0.25) is 0 Å². The van der Waals surface area contributed by atoms with Gasteiger partial charge in [-0.1, -0.05) is 20.8 Å². The van der Waals surface area contributed by atoms with Crippen molar-refractivity contribution in [1.29, 1.82) is 0 Å². The zero-order valence-corrected chi connectivity index (χ0v) is 9.84. The molecule has 2 rings (SSSR count). The van der Waals surface area contributed by atoms with Crippen LogP contribution in [0.15, 0.2) is 10.7 Å². The molecule has 84 valence electrons. The van der Waals surface area contributed by atoms with Crippen LogP contribution in [-0.2, 0) is 5.41 Å². The van der Waals surface area contributed by atoms with Crippen LogP contribution >= 0.6 is 0 Å². The van der Waals surface area contributed by atoms with Crippen molar-refractivity contribution in [2.24, 2.45) is 0 Å². The Hall–Kier alpha value is -0.830. The number of nitrogens with one attached hydrogen (secondary N) is 1. The van der Waals surface area contributed by atoms with Crippen molar-refractivity contribution in [3.05, 3.63) is 17.8 Å². The van der Waals surface area contributed by atoms with E-state index in [4.69, 9.17) is 4.42 Å². The van der Waals surface area contributed by atoms with Crippen molar-refractivity contribution in [3.63, 3.8) is 0 Å². The first-order chi connectivity index (χ1) is 7.07. The van der Waals surface area contributed by atoms with Crippen molar-refractivity contribution in [1.82, 2.24) is 10.3 Å². The molecule has 1 aliphatic heterocycles. The van der Waals surface area contributed by atoms with Crippen LogP contribution in [0.3, 0.4) is 0 Å². The summed E-state index contributed by atoms with van der Waals surface area (Å²) in [5, 5.41) is 3.38. The predicted octanol–water partition coefficient (Wildman–Crippen LogP) is 2.44. The summed E-state index contributed by atoms with van der Waals surface area (Å²) in [6, 6.07) is 0. The molecule has 0 aliphatic carbocycles. The minimum absolute atomic E-state index is 0.0871. The Bertz CT molecular complexity index is 319. The van der Waals surface area contributed by atoms with E-state index in [2.05, 4.69) is 31.1 Å². The Morgan fingerprint density at radius 1 is 1.47 bits per heavy atom. The first kappa shape index (κ1) is 10.7. The second-order valence-electron chi connectivity index (χ2n) is 5.36. The Kier molecular flexibility index (Phi) is 2.83. The van der Waals surface area contributed by atoms with Gasteiger partial charge in [0.15, 0.2) is 5.89 Å². The predicted molar refractivity (Wildman–Crippen MR) is 60.0 cm³/mol. The van der Waals surface area contributed by atoms with E-state index in [0.717, 1.165) is 24.7 Å². The number of hydrogen-bond donors (Lipinski definition) is 1. The number of nitrogens with zero attached hydrogens (tertiary/aromatic N) is 1. The quantitative estimate of drug-likeness (QED) is 0.770. The average Bonchev–Trinajstić information content (AvgIpc) is 2.67. The summed E-state index contributed by atoms with van der Waals surface area (Å²) in [4.78, 5) is 4.60. The van der Waals surface area contributed by atoms with Gasteiger partial charge in [0, 0.05) is 17.9 Å². The molecule has 1 atom stereocenters. The van der Waals surface area contributed by atoms with Gasteiger partial charge in [0.2, 0.25) is 0 Å². The molecule has 3 nitrogen and oxygen atoms in total. The molecule has 0 bridgehead atoms. The van der Waals surface area contributed by atoms with Crippen LogP contribution in [0.1, 0.15) is 51.1 Å². The highest BCUT2D eigenvalue weighted by Crippen LogP contribution is 2.27. The average molecular weight is 208 g/mol. The summed E-state index contributed by atoms with van der Waals surface area (Å²) in [6.07, 6.45) is 4.22. The maximum atomic E-state index is 5.58. The molecule has 1 saturated heterocycles. The van der Waals surface area contributed by atoms with Crippen molar-refractivity contribution < 1.29 is 4.42 Å². The summed E-state index contributed by atoms with van der Waals surface area (Å²) in [6.45, 7) is 8.61. The molecule has 1 N–H and O–H groups in total. The zero-order valence-electron chi connectivity index (χ0n) is 9.84. The van der Waals surface area contributed by atoms with E-state index in [-0.39, 0.29) is 5.41 Å². The van der Waals surface area contributed by atoms with E-state index >= 15 is 0 Å². The van der Waals surface area contributed by atoms with Gasteiger partial charge in [0.1, 0.15) is 6.26 Å². The van der Waals surface area contributed by atoms with Crippen LogP contribution in [0.25, 0.3) is 0 Å². The zero-order chi connectivity index (χ0) is 10.9. The third-order valence-electron chi connectivity index (χ3n) is 2.94. The Morgan fingerprint density at radius 3 is 2.80 bits per heavy atom. The Balaban J connectivity index is 2.12. The van der Waals surface area contributed by atoms with E-state index in [0.29, 0.717) is 5.92 Å². The second kappa shape index (κ2) is 3.97. The first-order valence-corrected chi connectivity index (χ1v) is 5.74. The SMILES string of the molecule is CC(C)(C)c1coc(C2CCCNC2)n1. The van der Waals surface area contributed by atoms with Gasteiger partial charge in [-0.25, -0.2) is 4.98 Å². The highest BCUT2D eigenvalue weighted by molar-refractivity contribution is 5.10. The van der Waals surface area contributed by atoms with Crippen molar-refractivity contribution >= 4 is 0 Å². The largest absolute Gasteiger partial charge is 0.448 e. The number of aromatic nitrogens is 1. The molecule has 1 fully saturated rings. The topological polar surface area (TPSA) is 38.1 Å². The molecule has 15 heavy (non-hydrogen) atoms. The third kappa shape index (κ3) is 2.40. The van der Waals surface area contributed by atoms with Gasteiger partial charge in [-0.2, -0.15) is 0 Å². The molecule has 1 aliphatic rings. The smallest absolute Gasteiger partial charge is 0.198 e. The molecule has 1 aromatic heterocycles. The van der Waals surface area contributed by atoms with Crippen molar-refractivity contribution in [2.45, 2.75) is 44.9 Å². The van der Waals surface area contributed by atoms with Crippen LogP contribution in [0.5, 0.6) is 0 Å². The van der Waals surface area contributed by atoms with E-state index in [1.807, 2.05) is 6.26 Å². The van der Waals surface area contributed by atoms with Crippen LogP contribution in [0.4, 0.5) is 0 Å². The molecule has 0 spiro atoms. The van der Waals surface area contributed by atoms with Crippen molar-refractivity contribution in [3.8, 4) is 0 Å². The number of piperidine rings is 1. The van der Waals surface area contributed by atoms with Gasteiger partial charge in [-0.05, 0) is 19.4 Å². The lowest BCUT2D eigenvalue weighted by Crippen LogP contribution is -2.28. The number of hydrogen-bond acceptors (Lipinski definition) is 3. The molecule has 0 radical (unpaired) electrons. The Morgan fingerprint density at radius 2 is 2.27 bits per heavy atom. The highest BCUT2D eigenvalue weighted by Gasteiger charge is 2.23. The molecule has 2 heterocycles. The molecule has 0 amide bonds. The summed E-state index contributed by atoms with van der Waals surface area (Å²) >= 11 is 0. The fourth-order valence-electron chi connectivity index (χ4n) is 1.88. The van der Waals surface area contributed by atoms with E-state index < -0.39 is 0 Å². The number of rotatable bonds is 1. The normalized spacial score (nSPS) is 23.0. The summed E-state index contributed by atoms with van der Waals surface area (Å²) < 4.78 is 5.58. The fourth-order valence-corrected chi connectivity index (χ4v) is 1.88. The maximum Gasteiger partial charge on any atom is 0.198 e. The van der Waals surface area contributed by atoms with Gasteiger partial charge in [0.05, 0.1) is 5.69 Å². The third-order valence-corrected chi connectivity index (χ3v) is 2.94. The van der Waals surface area contributed by atoms with Crippen molar-refractivity contribution in [2.75, 3.05) is 13.1 Å². The standard InChI is InChI=1S/C12H20N2O/c1-12(2,3)10-8-15-11(14-10)9-5-4-6-13-7-9/h8-9,13H,4-7H2,1-3H3.